The van der Waals surface area contributed by atoms with E-state index in [-0.39, 0.29) is 31.3 Å². The highest BCUT2D eigenvalue weighted by atomic mass is 32.2. The van der Waals surface area contributed by atoms with Gasteiger partial charge in [0, 0.05) is 34.8 Å². The highest BCUT2D eigenvalue weighted by Gasteiger charge is 2.34. The van der Waals surface area contributed by atoms with Gasteiger partial charge in [0.1, 0.15) is 30.0 Å². The van der Waals surface area contributed by atoms with Crippen LogP contribution in [0.5, 0.6) is 17.4 Å². The SMILES string of the molecule is CC(C)(CCCCOc1cc(-c2ccc3c(c2)OCO3)cc(-c2ccccc2)n1)CNC(=O)[C@H](CC(=O)N[C@@H](CC(=O)O)C(=O)N[C@@H](CC(=O)O)C(=O)N[C@@H](CC(=O)O)C(=O)O)NC(=O)c1ccc(N/N=C/c2ccccc2SOO[O-])nc1. The number of anilines is 1. The molecule has 6 rings (SSSR count). The fourth-order valence-corrected chi connectivity index (χ4v) is 8.50. The maximum absolute atomic E-state index is 14.1. The van der Waals surface area contributed by atoms with Crippen molar-refractivity contribution in [2.75, 3.05) is 25.4 Å². The van der Waals surface area contributed by atoms with Crippen LogP contribution in [0.25, 0.3) is 22.4 Å². The number of aliphatic carboxylic acids is 4. The van der Waals surface area contributed by atoms with Crippen molar-refractivity contribution >= 4 is 77.5 Å². The third-order valence-electron chi connectivity index (χ3n) is 12.3. The van der Waals surface area contributed by atoms with Crippen molar-refractivity contribution in [3.05, 3.63) is 114 Å². The minimum Gasteiger partial charge on any atom is -0.691 e. The molecule has 0 bridgehead atoms. The van der Waals surface area contributed by atoms with Gasteiger partial charge in [-0.25, -0.2) is 14.8 Å². The van der Waals surface area contributed by atoms with Crippen molar-refractivity contribution in [1.82, 2.24) is 36.6 Å². The van der Waals surface area contributed by atoms with Crippen molar-refractivity contribution in [3.8, 4) is 39.8 Å². The molecular weight excluding hydrogens is 1120 g/mol. The van der Waals surface area contributed by atoms with Crippen molar-refractivity contribution in [1.29, 1.82) is 0 Å². The van der Waals surface area contributed by atoms with Gasteiger partial charge >= 0.3 is 23.9 Å². The molecule has 10 N–H and O–H groups in total. The van der Waals surface area contributed by atoms with Gasteiger partial charge in [0.2, 0.25) is 36.3 Å². The van der Waals surface area contributed by atoms with Gasteiger partial charge < -0.3 is 66.5 Å². The summed E-state index contributed by atoms with van der Waals surface area (Å²) in [5.74, 6) is -10.9. The lowest BCUT2D eigenvalue weighted by atomic mass is 9.87. The molecule has 0 fully saturated rings. The van der Waals surface area contributed by atoms with Gasteiger partial charge in [-0.3, -0.25) is 48.8 Å². The number of rotatable bonds is 33. The monoisotopic (exact) mass is 1180 g/mol. The summed E-state index contributed by atoms with van der Waals surface area (Å²) >= 11 is 0.653. The quantitative estimate of drug-likeness (QED) is 0.00948. The number of carbonyl (C=O) groups excluding carboxylic acids is 5. The molecule has 28 nitrogen and oxygen atoms in total. The first-order valence-corrected chi connectivity index (χ1v) is 26.4. The molecule has 2 aromatic heterocycles. The Labute approximate surface area is 482 Å². The Kier molecular flexibility index (Phi) is 23.4. The molecule has 29 heteroatoms. The van der Waals surface area contributed by atoms with Crippen LogP contribution >= 0.6 is 12.0 Å². The number of fused-ring (bicyclic) bond motifs is 1. The van der Waals surface area contributed by atoms with E-state index in [0.29, 0.717) is 64.8 Å². The van der Waals surface area contributed by atoms with E-state index >= 15 is 0 Å². The van der Waals surface area contributed by atoms with Crippen LogP contribution < -0.4 is 51.5 Å². The molecule has 84 heavy (non-hydrogen) atoms. The first-order chi connectivity index (χ1) is 40.2. The zero-order valence-electron chi connectivity index (χ0n) is 44.9. The minimum absolute atomic E-state index is 0.0115. The van der Waals surface area contributed by atoms with Gasteiger partial charge in [-0.05, 0) is 72.2 Å². The molecule has 0 aliphatic carbocycles. The highest BCUT2D eigenvalue weighted by molar-refractivity contribution is 7.94. The third-order valence-corrected chi connectivity index (χ3v) is 13.0. The number of nitrogens with one attached hydrogen (secondary N) is 6. The number of amides is 5. The van der Waals surface area contributed by atoms with Gasteiger partial charge in [0.25, 0.3) is 5.91 Å². The number of carboxylic acid groups (broad SMARTS) is 4. The Morgan fingerprint density at radius 3 is 2.04 bits per heavy atom. The number of aromatic nitrogens is 2. The number of hydrogen-bond acceptors (Lipinski definition) is 20. The maximum atomic E-state index is 14.1. The molecule has 444 valence electrons. The van der Waals surface area contributed by atoms with E-state index in [9.17, 15) is 63.7 Å². The second-order valence-corrected chi connectivity index (χ2v) is 20.1. The van der Waals surface area contributed by atoms with Crippen molar-refractivity contribution in [2.45, 2.75) is 87.9 Å². The Morgan fingerprint density at radius 1 is 0.702 bits per heavy atom. The molecule has 3 heterocycles. The van der Waals surface area contributed by atoms with Crippen LogP contribution in [0.2, 0.25) is 0 Å². The zero-order chi connectivity index (χ0) is 60.8. The normalized spacial score (nSPS) is 13.1. The Balaban J connectivity index is 1.12. The molecule has 0 saturated carbocycles. The Morgan fingerprint density at radius 2 is 1.36 bits per heavy atom. The number of unbranched alkanes of at least 4 members (excludes halogenated alkanes) is 1. The number of hydrazone groups is 1. The van der Waals surface area contributed by atoms with E-state index in [1.807, 2.05) is 85.1 Å². The molecular formula is C55H58N9O19S-. The number of benzene rings is 3. The molecule has 5 aromatic rings. The summed E-state index contributed by atoms with van der Waals surface area (Å²) in [6, 6.07) is 20.5. The number of pyridine rings is 2. The van der Waals surface area contributed by atoms with E-state index in [4.69, 9.17) is 24.3 Å². The molecule has 1 aliphatic heterocycles. The molecule has 3 aromatic carbocycles. The van der Waals surface area contributed by atoms with Crippen LogP contribution in [0.4, 0.5) is 5.82 Å². The molecule has 4 atom stereocenters. The summed E-state index contributed by atoms with van der Waals surface area (Å²) in [4.78, 5) is 124. The predicted molar refractivity (Wildman–Crippen MR) is 293 cm³/mol. The van der Waals surface area contributed by atoms with Crippen LogP contribution in [0.15, 0.2) is 113 Å². The van der Waals surface area contributed by atoms with Gasteiger partial charge in [-0.15, -0.1) is 0 Å². The van der Waals surface area contributed by atoms with Crippen molar-refractivity contribution in [3.63, 3.8) is 0 Å². The maximum Gasteiger partial charge on any atom is 0.326 e. The highest BCUT2D eigenvalue weighted by Crippen LogP contribution is 2.38. The van der Waals surface area contributed by atoms with Gasteiger partial charge in [0.05, 0.1) is 61.8 Å². The molecule has 0 unspecified atom stereocenters. The first-order valence-electron chi connectivity index (χ1n) is 25.6. The fourth-order valence-electron chi connectivity index (χ4n) is 8.05. The van der Waals surface area contributed by atoms with Crippen molar-refractivity contribution < 1.29 is 92.4 Å². The zero-order valence-corrected chi connectivity index (χ0v) is 45.8. The molecule has 1 aliphatic rings. The van der Waals surface area contributed by atoms with Crippen LogP contribution in [-0.2, 0) is 47.7 Å². The summed E-state index contributed by atoms with van der Waals surface area (Å²) in [5, 5.41) is 66.6. The lowest BCUT2D eigenvalue weighted by molar-refractivity contribution is -0.777. The van der Waals surface area contributed by atoms with E-state index in [2.05, 4.69) is 40.8 Å². The molecule has 5 amide bonds. The predicted octanol–water partition coefficient (Wildman–Crippen LogP) is 3.06. The average molecular weight is 1180 g/mol. The topological polar surface area (TPSA) is 414 Å². The molecule has 0 saturated heterocycles. The van der Waals surface area contributed by atoms with Crippen LogP contribution in [0.3, 0.4) is 0 Å². The average Bonchev–Trinajstić information content (AvgIpc) is 4.15. The van der Waals surface area contributed by atoms with Gasteiger partial charge in [-0.1, -0.05) is 68.4 Å². The van der Waals surface area contributed by atoms with Gasteiger partial charge in [-0.2, -0.15) is 9.44 Å². The van der Waals surface area contributed by atoms with Crippen molar-refractivity contribution in [2.24, 2.45) is 10.5 Å². The Hall–Kier alpha value is -9.71. The number of carboxylic acids is 4. The standard InChI is InChI=1S/C55H59N9O19S/c1-55(2,18-8-9-19-79-46-22-35(20-36(60-46)31-10-4-3-5-11-31)32-14-16-41-42(21-32)81-30-80-41)29-57-51(73)37(61-50(72)34-15-17-44(56-27-34)64-58-28-33-12-6-7-13-43(33)84-83-82-78)23-45(65)59-38(24-47(66)67)52(74)62-39(25-48(68)69)53(75)63-40(54(76)77)26-49(70)71/h3-7,10-17,20-22,27-28,37-40,78H,8-9,18-19,23-26,29-30H2,1-2H3,(H,56,64)(H,57,73)(H,59,65)(H,61,72)(H,62,74)(H,63,75)(H,66,67)(H,68,69)(H,70,71)(H,76,77)/p-1/b58-28+/t37-,38-,39-,40-/m0/s1. The summed E-state index contributed by atoms with van der Waals surface area (Å²) < 4.78 is 21.7. The van der Waals surface area contributed by atoms with Gasteiger partial charge in [0.15, 0.2) is 11.5 Å². The lowest BCUT2D eigenvalue weighted by Crippen LogP contribution is -2.57. The molecule has 0 radical (unpaired) electrons. The van der Waals surface area contributed by atoms with E-state index < -0.39 is 109 Å². The minimum atomic E-state index is -2.10. The molecule has 0 spiro atoms. The van der Waals surface area contributed by atoms with Crippen LogP contribution in [0.1, 0.15) is 74.7 Å². The van der Waals surface area contributed by atoms with E-state index in [1.54, 1.807) is 24.3 Å². The smallest absolute Gasteiger partial charge is 0.326 e. The number of nitrogens with zero attached hydrogens (tertiary/aromatic N) is 3. The largest absolute Gasteiger partial charge is 0.691 e. The summed E-state index contributed by atoms with van der Waals surface area (Å²) in [6.45, 7) is 4.17. The van der Waals surface area contributed by atoms with Crippen LogP contribution in [-0.4, -0.2) is 134 Å². The summed E-state index contributed by atoms with van der Waals surface area (Å²) in [5.41, 5.74) is 5.79. The first kappa shape index (κ1) is 63.5. The fraction of sp³-hybridized carbons (Fsp3) is 0.309. The third kappa shape index (κ3) is 20.1. The summed E-state index contributed by atoms with van der Waals surface area (Å²) in [6.07, 6.45) is -0.156. The Bertz CT molecular complexity index is 3210. The summed E-state index contributed by atoms with van der Waals surface area (Å²) in [7, 11) is 0. The van der Waals surface area contributed by atoms with Crippen LogP contribution in [0, 0.1) is 5.41 Å². The number of hydrogen-bond donors (Lipinski definition) is 10. The second-order valence-electron chi connectivity index (χ2n) is 19.4. The second kappa shape index (κ2) is 30.9. The lowest BCUT2D eigenvalue weighted by Gasteiger charge is -2.27. The van der Waals surface area contributed by atoms with E-state index in [1.165, 1.54) is 18.3 Å². The van der Waals surface area contributed by atoms with E-state index in [0.717, 1.165) is 22.9 Å². The number of ether oxygens (including phenoxy) is 3. The number of carbonyl (C=O) groups is 9.